The molecule has 1 heterocycles. The van der Waals surface area contributed by atoms with Gasteiger partial charge in [0.25, 0.3) is 0 Å². The fourth-order valence-electron chi connectivity index (χ4n) is 3.05. The minimum atomic E-state index is -0.0499. The number of carbonyl (C=O) groups excluding carboxylic acids is 1. The van der Waals surface area contributed by atoms with Gasteiger partial charge >= 0.3 is 0 Å². The molecule has 0 bridgehead atoms. The van der Waals surface area contributed by atoms with Gasteiger partial charge in [0.05, 0.1) is 18.5 Å². The van der Waals surface area contributed by atoms with Gasteiger partial charge in [-0.1, -0.05) is 6.92 Å². The molecular formula is C21H24N2O4. The number of carbonyl (C=O) groups is 1. The minimum Gasteiger partial charge on any atom is -0.493 e. The van der Waals surface area contributed by atoms with E-state index in [9.17, 15) is 4.79 Å². The molecule has 0 saturated carbocycles. The molecule has 6 heteroatoms. The molecule has 1 aliphatic rings. The number of hydrogen-bond acceptors (Lipinski definition) is 6. The van der Waals surface area contributed by atoms with Gasteiger partial charge in [-0.05, 0) is 48.4 Å². The second kappa shape index (κ2) is 7.61. The molecule has 0 spiro atoms. The van der Waals surface area contributed by atoms with E-state index in [-0.39, 0.29) is 12.6 Å². The number of methoxy groups -OCH3 is 1. The number of Topliss-reactive ketones (excluding diaryl/α,β-unsaturated/α-hetero) is 1. The Bertz CT molecular complexity index is 903. The first kappa shape index (κ1) is 18.6. The first-order valence-electron chi connectivity index (χ1n) is 8.74. The fraction of sp³-hybridized carbons (Fsp3) is 0.286. The topological polar surface area (TPSA) is 74.0 Å². The van der Waals surface area contributed by atoms with Crippen molar-refractivity contribution in [3.05, 3.63) is 47.0 Å². The maximum absolute atomic E-state index is 13.0. The maximum Gasteiger partial charge on any atom is 0.231 e. The van der Waals surface area contributed by atoms with Gasteiger partial charge < -0.3 is 24.8 Å². The number of hydrogen-bond donors (Lipinski definition) is 1. The number of allylic oxidation sites excluding steroid dienone is 1. The van der Waals surface area contributed by atoms with Crippen LogP contribution < -0.4 is 24.8 Å². The third-order valence-electron chi connectivity index (χ3n) is 4.47. The zero-order chi connectivity index (χ0) is 19.6. The van der Waals surface area contributed by atoms with E-state index in [2.05, 4.69) is 0 Å². The Hall–Kier alpha value is -3.15. The number of nitrogens with zero attached hydrogens (tertiary/aromatic N) is 1. The van der Waals surface area contributed by atoms with Crippen molar-refractivity contribution in [2.45, 2.75) is 13.3 Å². The molecule has 0 atom stereocenters. The Morgan fingerprint density at radius 2 is 2.04 bits per heavy atom. The lowest BCUT2D eigenvalue weighted by molar-refractivity contribution is 0.103. The number of ketones is 1. The van der Waals surface area contributed by atoms with Crippen molar-refractivity contribution in [1.82, 2.24) is 0 Å². The minimum absolute atomic E-state index is 0.0499. The summed E-state index contributed by atoms with van der Waals surface area (Å²) in [6.45, 7) is 2.11. The Balaban J connectivity index is 1.95. The van der Waals surface area contributed by atoms with Crippen molar-refractivity contribution < 1.29 is 19.0 Å². The van der Waals surface area contributed by atoms with Crippen LogP contribution in [-0.2, 0) is 0 Å². The van der Waals surface area contributed by atoms with E-state index < -0.39 is 0 Å². The lowest BCUT2D eigenvalue weighted by Gasteiger charge is -2.16. The van der Waals surface area contributed by atoms with Crippen LogP contribution in [-0.4, -0.2) is 33.8 Å². The first-order chi connectivity index (χ1) is 12.9. The summed E-state index contributed by atoms with van der Waals surface area (Å²) in [6, 6.07) is 9.07. The Morgan fingerprint density at radius 1 is 1.26 bits per heavy atom. The first-order valence-corrected chi connectivity index (χ1v) is 8.74. The number of ether oxygens (including phenoxy) is 3. The molecule has 142 valence electrons. The summed E-state index contributed by atoms with van der Waals surface area (Å²) < 4.78 is 16.2. The quantitative estimate of drug-likeness (QED) is 0.476. The van der Waals surface area contributed by atoms with Crippen molar-refractivity contribution in [2.75, 3.05) is 38.6 Å². The van der Waals surface area contributed by atoms with E-state index in [0.29, 0.717) is 40.5 Å². The number of nitrogens with two attached hydrogens (primary N) is 1. The zero-order valence-corrected chi connectivity index (χ0v) is 16.0. The van der Waals surface area contributed by atoms with E-state index >= 15 is 0 Å². The highest BCUT2D eigenvalue weighted by Crippen LogP contribution is 2.42. The molecule has 0 saturated heterocycles. The third kappa shape index (κ3) is 3.69. The van der Waals surface area contributed by atoms with Crippen LogP contribution in [0.15, 0.2) is 35.9 Å². The lowest BCUT2D eigenvalue weighted by atomic mass is 9.98. The molecule has 1 aliphatic heterocycles. The summed E-state index contributed by atoms with van der Waals surface area (Å²) in [6.07, 6.45) is 2.44. The second-order valence-corrected chi connectivity index (χ2v) is 6.48. The molecule has 2 aromatic rings. The third-order valence-corrected chi connectivity index (χ3v) is 4.47. The highest BCUT2D eigenvalue weighted by atomic mass is 16.7. The maximum atomic E-state index is 13.0. The highest BCUT2D eigenvalue weighted by Gasteiger charge is 2.20. The van der Waals surface area contributed by atoms with Crippen molar-refractivity contribution in [3.63, 3.8) is 0 Å². The molecule has 2 aromatic carbocycles. The van der Waals surface area contributed by atoms with E-state index in [1.807, 2.05) is 50.2 Å². The number of fused-ring (bicyclic) bond motifs is 1. The molecule has 6 nitrogen and oxygen atoms in total. The van der Waals surface area contributed by atoms with Crippen molar-refractivity contribution in [1.29, 1.82) is 0 Å². The largest absolute Gasteiger partial charge is 0.493 e. The van der Waals surface area contributed by atoms with E-state index in [1.165, 1.54) is 0 Å². The monoisotopic (exact) mass is 368 g/mol. The number of nitrogen functional groups attached to an aromatic ring is 1. The Kier molecular flexibility index (Phi) is 5.26. The molecule has 0 radical (unpaired) electrons. The van der Waals surface area contributed by atoms with Crippen molar-refractivity contribution in [3.8, 4) is 17.2 Å². The number of benzene rings is 2. The second-order valence-electron chi connectivity index (χ2n) is 6.48. The lowest BCUT2D eigenvalue weighted by Crippen LogP contribution is -2.12. The van der Waals surface area contributed by atoms with Gasteiger partial charge in [0.15, 0.2) is 17.3 Å². The van der Waals surface area contributed by atoms with Crippen LogP contribution in [0.5, 0.6) is 17.2 Å². The summed E-state index contributed by atoms with van der Waals surface area (Å²) in [7, 11) is 5.40. The smallest absolute Gasteiger partial charge is 0.231 e. The van der Waals surface area contributed by atoms with E-state index in [1.54, 1.807) is 19.2 Å². The molecule has 0 aliphatic carbocycles. The van der Waals surface area contributed by atoms with Crippen molar-refractivity contribution in [2.24, 2.45) is 0 Å². The SMILES string of the molecule is CC/C(=C\c1cc(OC)c2c(c1)OCO2)C(=O)c1ccc(N(C)C)c(N)c1. The van der Waals surface area contributed by atoms with Crippen LogP contribution in [0.2, 0.25) is 0 Å². The van der Waals surface area contributed by atoms with Gasteiger partial charge in [-0.3, -0.25) is 4.79 Å². The predicted molar refractivity (Wildman–Crippen MR) is 107 cm³/mol. The van der Waals surface area contributed by atoms with Crippen molar-refractivity contribution >= 4 is 23.2 Å². The molecule has 0 unspecified atom stereocenters. The predicted octanol–water partition coefficient (Wildman–Crippen LogP) is 3.75. The molecule has 3 rings (SSSR count). The van der Waals surface area contributed by atoms with E-state index in [0.717, 1.165) is 11.3 Å². The van der Waals surface area contributed by atoms with Crippen LogP contribution >= 0.6 is 0 Å². The van der Waals surface area contributed by atoms with Gasteiger partial charge in [0, 0.05) is 25.2 Å². The molecule has 0 aromatic heterocycles. The van der Waals surface area contributed by atoms with Gasteiger partial charge in [-0.25, -0.2) is 0 Å². The standard InChI is InChI=1S/C21H24N2O4/c1-5-14(20(24)15-6-7-17(23(2)3)16(22)11-15)8-13-9-18(25-4)21-19(10-13)26-12-27-21/h6-11H,5,12,22H2,1-4H3/b14-8+. The summed E-state index contributed by atoms with van der Waals surface area (Å²) in [5, 5.41) is 0. The summed E-state index contributed by atoms with van der Waals surface area (Å²) in [5.74, 6) is 1.74. The van der Waals surface area contributed by atoms with Crippen LogP contribution in [0, 0.1) is 0 Å². The normalized spacial score (nSPS) is 12.8. The van der Waals surface area contributed by atoms with Crippen LogP contribution in [0.1, 0.15) is 29.3 Å². The summed E-state index contributed by atoms with van der Waals surface area (Å²) in [4.78, 5) is 14.9. The number of anilines is 2. The van der Waals surface area contributed by atoms with Gasteiger partial charge in [-0.15, -0.1) is 0 Å². The summed E-state index contributed by atoms with van der Waals surface area (Å²) in [5.41, 5.74) is 9.61. The zero-order valence-electron chi connectivity index (χ0n) is 16.0. The van der Waals surface area contributed by atoms with Crippen LogP contribution in [0.4, 0.5) is 11.4 Å². The summed E-state index contributed by atoms with van der Waals surface area (Å²) >= 11 is 0. The van der Waals surface area contributed by atoms with Gasteiger partial charge in [0.2, 0.25) is 12.5 Å². The van der Waals surface area contributed by atoms with E-state index in [4.69, 9.17) is 19.9 Å². The Morgan fingerprint density at radius 3 is 2.67 bits per heavy atom. The van der Waals surface area contributed by atoms with Crippen LogP contribution in [0.25, 0.3) is 6.08 Å². The average molecular weight is 368 g/mol. The molecule has 2 N–H and O–H groups in total. The molecule has 27 heavy (non-hydrogen) atoms. The van der Waals surface area contributed by atoms with Gasteiger partial charge in [-0.2, -0.15) is 0 Å². The fourth-order valence-corrected chi connectivity index (χ4v) is 3.05. The van der Waals surface area contributed by atoms with Crippen LogP contribution in [0.3, 0.4) is 0 Å². The molecule has 0 fully saturated rings. The molecule has 0 amide bonds. The average Bonchev–Trinajstić information content (AvgIpc) is 3.13. The Labute approximate surface area is 159 Å². The highest BCUT2D eigenvalue weighted by molar-refractivity contribution is 6.12. The van der Waals surface area contributed by atoms with Gasteiger partial charge in [0.1, 0.15) is 0 Å². The number of rotatable bonds is 6. The molecular weight excluding hydrogens is 344 g/mol.